The summed E-state index contributed by atoms with van der Waals surface area (Å²) in [7, 11) is 2.17. The lowest BCUT2D eigenvalue weighted by atomic mass is 10.2. The summed E-state index contributed by atoms with van der Waals surface area (Å²) in [5.74, 6) is 1.19. The first kappa shape index (κ1) is 13.7. The van der Waals surface area contributed by atoms with Crippen LogP contribution in [0.3, 0.4) is 0 Å². The Bertz CT molecular complexity index is 223. The molecule has 0 amide bonds. The first-order valence-corrected chi connectivity index (χ1v) is 8.61. The van der Waals surface area contributed by atoms with Crippen molar-refractivity contribution in [2.75, 3.05) is 30.9 Å². The van der Waals surface area contributed by atoms with Crippen LogP contribution in [0.5, 0.6) is 0 Å². The quantitative estimate of drug-likeness (QED) is 0.726. The van der Waals surface area contributed by atoms with Crippen molar-refractivity contribution in [3.8, 4) is 0 Å². The molecule has 1 heterocycles. The number of hydrogen-bond donors (Lipinski definition) is 0. The number of thioether (sulfide) groups is 2. The molecule has 15 heavy (non-hydrogen) atoms. The lowest BCUT2D eigenvalue weighted by Crippen LogP contribution is -2.36. The van der Waals surface area contributed by atoms with Crippen molar-refractivity contribution in [1.82, 2.24) is 4.90 Å². The topological polar surface area (TPSA) is 15.6 Å². The highest BCUT2D eigenvalue weighted by Crippen LogP contribution is 2.26. The Labute approximate surface area is 110 Å². The Balaban J connectivity index is 2.48. The van der Waals surface area contributed by atoms with Crippen LogP contribution in [0.2, 0.25) is 0 Å². The largest absolute Gasteiger partial charge is 0.351 e. The molecule has 1 aliphatic heterocycles. The number of nitrogens with zero attached hydrogens (tertiary/aromatic N) is 2. The van der Waals surface area contributed by atoms with Crippen molar-refractivity contribution >= 4 is 44.6 Å². The van der Waals surface area contributed by atoms with E-state index >= 15 is 0 Å². The molecule has 0 N–H and O–H groups in total. The van der Waals surface area contributed by atoms with Gasteiger partial charge >= 0.3 is 0 Å². The molecule has 88 valence electrons. The molecule has 1 rings (SSSR count). The number of hydrogen-bond acceptors (Lipinski definition) is 4. The number of halogens is 1. The van der Waals surface area contributed by atoms with Crippen molar-refractivity contribution in [2.24, 2.45) is 4.99 Å². The standard InChI is InChI=1S/C10H19BrN2S2/c1-4-8(7-14-3)13(2)10-12-6-9(5-11)15-10/h8-9H,4-7H2,1-3H3. The van der Waals surface area contributed by atoms with Crippen LogP contribution >= 0.6 is 39.5 Å². The smallest absolute Gasteiger partial charge is 0.159 e. The van der Waals surface area contributed by atoms with Gasteiger partial charge in [-0.15, -0.1) is 0 Å². The predicted octanol–water partition coefficient (Wildman–Crippen LogP) is 2.93. The van der Waals surface area contributed by atoms with Gasteiger partial charge in [-0.25, -0.2) is 0 Å². The van der Waals surface area contributed by atoms with Crippen LogP contribution in [0.25, 0.3) is 0 Å². The Morgan fingerprint density at radius 2 is 2.47 bits per heavy atom. The first-order chi connectivity index (χ1) is 7.22. The van der Waals surface area contributed by atoms with E-state index in [4.69, 9.17) is 0 Å². The SMILES string of the molecule is CCC(CSC)N(C)C1=NCC(CBr)S1. The van der Waals surface area contributed by atoms with Crippen molar-refractivity contribution in [1.29, 1.82) is 0 Å². The summed E-state index contributed by atoms with van der Waals surface area (Å²) in [6.07, 6.45) is 3.36. The normalized spacial score (nSPS) is 22.7. The zero-order valence-electron chi connectivity index (χ0n) is 9.57. The summed E-state index contributed by atoms with van der Waals surface area (Å²) < 4.78 is 0. The fourth-order valence-electron chi connectivity index (χ4n) is 1.53. The van der Waals surface area contributed by atoms with Gasteiger partial charge in [0.25, 0.3) is 0 Å². The van der Waals surface area contributed by atoms with Gasteiger partial charge in [0.1, 0.15) is 0 Å². The highest BCUT2D eigenvalue weighted by atomic mass is 79.9. The average molecular weight is 311 g/mol. The fraction of sp³-hybridized carbons (Fsp3) is 0.900. The van der Waals surface area contributed by atoms with Gasteiger partial charge in [0.2, 0.25) is 0 Å². The summed E-state index contributed by atoms with van der Waals surface area (Å²) in [6, 6.07) is 0.625. The first-order valence-electron chi connectivity index (χ1n) is 5.21. The maximum Gasteiger partial charge on any atom is 0.159 e. The third-order valence-electron chi connectivity index (χ3n) is 2.55. The maximum absolute atomic E-state index is 4.61. The van der Waals surface area contributed by atoms with Crippen molar-refractivity contribution in [2.45, 2.75) is 24.6 Å². The zero-order chi connectivity index (χ0) is 11.3. The summed E-state index contributed by atoms with van der Waals surface area (Å²) in [5, 5.41) is 2.90. The summed E-state index contributed by atoms with van der Waals surface area (Å²) >= 11 is 7.34. The summed E-state index contributed by atoms with van der Waals surface area (Å²) in [5.41, 5.74) is 0. The van der Waals surface area contributed by atoms with Gasteiger partial charge in [-0.1, -0.05) is 34.6 Å². The van der Waals surface area contributed by atoms with E-state index in [0.717, 1.165) is 11.9 Å². The molecular formula is C10H19BrN2S2. The van der Waals surface area contributed by atoms with Crippen LogP contribution in [0.15, 0.2) is 4.99 Å². The van der Waals surface area contributed by atoms with Crippen LogP contribution in [0.1, 0.15) is 13.3 Å². The molecule has 2 atom stereocenters. The van der Waals surface area contributed by atoms with E-state index in [2.05, 4.69) is 46.0 Å². The van der Waals surface area contributed by atoms with E-state index in [1.165, 1.54) is 17.3 Å². The van der Waals surface area contributed by atoms with Crippen molar-refractivity contribution < 1.29 is 0 Å². The molecule has 0 aliphatic carbocycles. The molecule has 0 saturated carbocycles. The monoisotopic (exact) mass is 310 g/mol. The average Bonchev–Trinajstić information content (AvgIpc) is 2.73. The molecule has 0 bridgehead atoms. The highest BCUT2D eigenvalue weighted by Gasteiger charge is 2.24. The van der Waals surface area contributed by atoms with Gasteiger partial charge in [0.05, 0.1) is 6.54 Å². The summed E-state index contributed by atoms with van der Waals surface area (Å²) in [6.45, 7) is 3.21. The van der Waals surface area contributed by atoms with E-state index in [0.29, 0.717) is 11.3 Å². The van der Waals surface area contributed by atoms with E-state index in [9.17, 15) is 0 Å². The van der Waals surface area contributed by atoms with Crippen LogP contribution in [-0.2, 0) is 0 Å². The van der Waals surface area contributed by atoms with Crippen LogP contribution in [0.4, 0.5) is 0 Å². The van der Waals surface area contributed by atoms with E-state index < -0.39 is 0 Å². The minimum atomic E-state index is 0.625. The van der Waals surface area contributed by atoms with Gasteiger partial charge in [-0.3, -0.25) is 4.99 Å². The second-order valence-electron chi connectivity index (χ2n) is 3.65. The van der Waals surface area contributed by atoms with Gasteiger partial charge in [-0.2, -0.15) is 11.8 Å². The molecule has 0 radical (unpaired) electrons. The van der Waals surface area contributed by atoms with Crippen LogP contribution in [-0.4, -0.2) is 52.3 Å². The van der Waals surface area contributed by atoms with Gasteiger partial charge in [-0.05, 0) is 12.7 Å². The summed E-state index contributed by atoms with van der Waals surface area (Å²) in [4.78, 5) is 6.96. The minimum absolute atomic E-state index is 0.625. The second-order valence-corrected chi connectivity index (χ2v) is 6.47. The Hall–Kier alpha value is 0.650. The molecule has 0 saturated heterocycles. The van der Waals surface area contributed by atoms with Crippen molar-refractivity contribution in [3.05, 3.63) is 0 Å². The third-order valence-corrected chi connectivity index (χ3v) is 5.76. The Morgan fingerprint density at radius 3 is 2.93 bits per heavy atom. The molecule has 0 aromatic carbocycles. The molecule has 2 unspecified atom stereocenters. The van der Waals surface area contributed by atoms with E-state index in [1.807, 2.05) is 23.5 Å². The lowest BCUT2D eigenvalue weighted by Gasteiger charge is -2.28. The van der Waals surface area contributed by atoms with Crippen LogP contribution < -0.4 is 0 Å². The third kappa shape index (κ3) is 3.86. The molecule has 0 spiro atoms. The predicted molar refractivity (Wildman–Crippen MR) is 77.7 cm³/mol. The number of aliphatic imine (C=N–C) groups is 1. The van der Waals surface area contributed by atoms with Gasteiger partial charge in [0.15, 0.2) is 5.17 Å². The Kier molecular flexibility index (Phi) is 6.46. The molecule has 0 fully saturated rings. The number of alkyl halides is 1. The maximum atomic E-state index is 4.61. The molecule has 0 aromatic rings. The Morgan fingerprint density at radius 1 is 1.73 bits per heavy atom. The fourth-order valence-corrected chi connectivity index (χ4v) is 3.95. The second kappa shape index (κ2) is 7.07. The van der Waals surface area contributed by atoms with Gasteiger partial charge < -0.3 is 4.90 Å². The van der Waals surface area contributed by atoms with Crippen molar-refractivity contribution in [3.63, 3.8) is 0 Å². The molecule has 2 nitrogen and oxygen atoms in total. The molecule has 1 aliphatic rings. The zero-order valence-corrected chi connectivity index (χ0v) is 12.8. The molecule has 5 heteroatoms. The number of amidine groups is 1. The molecular weight excluding hydrogens is 292 g/mol. The highest BCUT2D eigenvalue weighted by molar-refractivity contribution is 9.09. The van der Waals surface area contributed by atoms with E-state index in [-0.39, 0.29) is 0 Å². The van der Waals surface area contributed by atoms with Crippen LogP contribution in [0, 0.1) is 0 Å². The van der Waals surface area contributed by atoms with Gasteiger partial charge in [0, 0.05) is 29.4 Å². The van der Waals surface area contributed by atoms with E-state index in [1.54, 1.807) is 0 Å². The lowest BCUT2D eigenvalue weighted by molar-refractivity contribution is 0.393. The molecule has 0 aromatic heterocycles. The minimum Gasteiger partial charge on any atom is -0.351 e. The number of rotatable bonds is 5.